The molecule has 0 radical (unpaired) electrons. The summed E-state index contributed by atoms with van der Waals surface area (Å²) in [5.41, 5.74) is -2.95. The number of methoxy groups -OCH3 is 4. The largest absolute Gasteiger partial charge is 0.386 e. The zero-order valence-electron chi connectivity index (χ0n) is 19.5. The topological polar surface area (TPSA) is 80.6 Å². The van der Waals surface area contributed by atoms with Gasteiger partial charge in [-0.1, -0.05) is 6.92 Å². The Hall–Kier alpha value is -0.280. The second-order valence-corrected chi connectivity index (χ2v) is 11.2. The summed E-state index contributed by atoms with van der Waals surface area (Å²) >= 11 is 0. The zero-order valence-corrected chi connectivity index (χ0v) is 19.5. The van der Waals surface area contributed by atoms with Crippen LogP contribution in [0.4, 0.5) is 0 Å². The fourth-order valence-electron chi connectivity index (χ4n) is 10.6. The van der Waals surface area contributed by atoms with Gasteiger partial charge in [-0.3, -0.25) is 4.90 Å². The van der Waals surface area contributed by atoms with E-state index in [4.69, 9.17) is 18.9 Å². The van der Waals surface area contributed by atoms with Gasteiger partial charge in [0.25, 0.3) is 0 Å². The first-order chi connectivity index (χ1) is 14.9. The molecule has 6 rings (SSSR count). The van der Waals surface area contributed by atoms with Gasteiger partial charge in [0.05, 0.1) is 30.5 Å². The predicted molar refractivity (Wildman–Crippen MR) is 112 cm³/mol. The van der Waals surface area contributed by atoms with Crippen molar-refractivity contribution in [1.82, 2.24) is 4.90 Å². The average molecular weight is 438 g/mol. The average Bonchev–Trinajstić information content (AvgIpc) is 3.17. The molecule has 1 aliphatic heterocycles. The van der Waals surface area contributed by atoms with Crippen molar-refractivity contribution in [3.63, 3.8) is 0 Å². The maximum atomic E-state index is 12.8. The molecule has 2 N–H and O–H groups in total. The Balaban J connectivity index is 1.66. The fraction of sp³-hybridized carbons (Fsp3) is 1.00. The molecule has 0 amide bonds. The number of hydrogen-bond donors (Lipinski definition) is 2. The number of ether oxygens (including phenoxy) is 4. The second-order valence-electron chi connectivity index (χ2n) is 11.2. The van der Waals surface area contributed by atoms with Gasteiger partial charge < -0.3 is 29.2 Å². The smallest absolute Gasteiger partial charge is 0.136 e. The van der Waals surface area contributed by atoms with E-state index in [1.165, 1.54) is 0 Å². The van der Waals surface area contributed by atoms with Gasteiger partial charge in [0, 0.05) is 64.6 Å². The highest BCUT2D eigenvalue weighted by molar-refractivity contribution is 5.40. The van der Waals surface area contributed by atoms with Crippen LogP contribution in [0.5, 0.6) is 0 Å². The molecule has 13 atom stereocenters. The Kier molecular flexibility index (Phi) is 4.56. The third-order valence-electron chi connectivity index (χ3n) is 11.1. The molecule has 5 saturated carbocycles. The van der Waals surface area contributed by atoms with Crippen molar-refractivity contribution < 1.29 is 29.2 Å². The minimum atomic E-state index is -1.39. The number of nitrogens with zero attached hydrogens (tertiary/aromatic N) is 1. The number of aliphatic hydroxyl groups is 2. The summed E-state index contributed by atoms with van der Waals surface area (Å²) in [4.78, 5) is 2.45. The Labute approximate surface area is 185 Å². The molecule has 7 nitrogen and oxygen atoms in total. The molecule has 7 unspecified atom stereocenters. The Morgan fingerprint density at radius 1 is 0.968 bits per heavy atom. The Morgan fingerprint density at radius 2 is 1.74 bits per heavy atom. The van der Waals surface area contributed by atoms with Crippen LogP contribution in [0, 0.1) is 35.0 Å². The summed E-state index contributed by atoms with van der Waals surface area (Å²) in [6.45, 7) is 3.99. The predicted octanol–water partition coefficient (Wildman–Crippen LogP) is 0.909. The lowest BCUT2D eigenvalue weighted by molar-refractivity contribution is -0.315. The summed E-state index contributed by atoms with van der Waals surface area (Å²) < 4.78 is 24.5. The van der Waals surface area contributed by atoms with Crippen molar-refractivity contribution >= 4 is 0 Å². The fourth-order valence-corrected chi connectivity index (χ4v) is 10.6. The van der Waals surface area contributed by atoms with E-state index in [1.54, 1.807) is 21.3 Å². The summed E-state index contributed by atoms with van der Waals surface area (Å²) in [6, 6.07) is -0.181. The highest BCUT2D eigenvalue weighted by Gasteiger charge is 2.89. The van der Waals surface area contributed by atoms with Crippen LogP contribution in [0.25, 0.3) is 0 Å². The van der Waals surface area contributed by atoms with E-state index in [1.807, 2.05) is 7.11 Å². The zero-order chi connectivity index (χ0) is 21.9. The summed E-state index contributed by atoms with van der Waals surface area (Å²) in [5.74, 6) is 0.946. The summed E-state index contributed by atoms with van der Waals surface area (Å²) in [6.07, 6.45) is 2.85. The maximum Gasteiger partial charge on any atom is 0.136 e. The molecule has 6 aliphatic rings. The van der Waals surface area contributed by atoms with Gasteiger partial charge in [-0.05, 0) is 37.6 Å². The standard InChI is InChI=1S/C24H39NO6/c1-6-25-11-12-7-8-16(29-3)23-14-9-13-15(28-2)10-22(26,18(14)19(13)30-4)24(27,21(23)25)20(31-5)17(12)23/h12-21,26-27H,6-11H2,1-5H3/t12-,13?,14?,15-,16-,17?,18?,19-,20-,21?,22+,23?,24?/m0/s1. The normalized spacial score (nSPS) is 61.6. The lowest BCUT2D eigenvalue weighted by atomic mass is 9.45. The molecule has 1 saturated heterocycles. The van der Waals surface area contributed by atoms with E-state index in [0.717, 1.165) is 32.4 Å². The van der Waals surface area contributed by atoms with Crippen LogP contribution in [0.15, 0.2) is 0 Å². The van der Waals surface area contributed by atoms with Gasteiger partial charge in [0.15, 0.2) is 0 Å². The number of likely N-dealkylation sites (N-methyl/N-ethyl adjacent to an activating group) is 1. The second kappa shape index (κ2) is 6.65. The van der Waals surface area contributed by atoms with Gasteiger partial charge >= 0.3 is 0 Å². The first kappa shape index (κ1) is 21.3. The monoisotopic (exact) mass is 437 g/mol. The van der Waals surface area contributed by atoms with Crippen LogP contribution in [0.2, 0.25) is 0 Å². The minimum Gasteiger partial charge on any atom is -0.386 e. The SMILES string of the molecule is CCN1C[C@@H]2CC[C@H](OC)C34C5CC6[C@H](OC)C5[C@](O)(C[C@@H]6OC)C(O)(C13)[C@@H](OC)C24. The molecule has 0 aromatic heterocycles. The maximum absolute atomic E-state index is 12.8. The van der Waals surface area contributed by atoms with Crippen LogP contribution in [-0.4, -0.2) is 98.3 Å². The molecule has 31 heavy (non-hydrogen) atoms. The van der Waals surface area contributed by atoms with Crippen molar-refractivity contribution in [2.75, 3.05) is 41.5 Å². The van der Waals surface area contributed by atoms with Gasteiger partial charge in [-0.25, -0.2) is 0 Å². The van der Waals surface area contributed by atoms with Crippen molar-refractivity contribution in [1.29, 1.82) is 0 Å². The van der Waals surface area contributed by atoms with E-state index in [-0.39, 0.29) is 53.4 Å². The molecular formula is C24H39NO6. The van der Waals surface area contributed by atoms with Crippen molar-refractivity contribution in [3.05, 3.63) is 0 Å². The molecule has 0 aromatic rings. The molecule has 1 spiro atoms. The molecular weight excluding hydrogens is 398 g/mol. The number of piperidine rings is 1. The van der Waals surface area contributed by atoms with Gasteiger partial charge in [-0.15, -0.1) is 0 Å². The summed E-state index contributed by atoms with van der Waals surface area (Å²) in [7, 11) is 7.03. The van der Waals surface area contributed by atoms with Crippen LogP contribution in [-0.2, 0) is 18.9 Å². The van der Waals surface area contributed by atoms with Crippen LogP contribution in [0.1, 0.15) is 32.6 Å². The van der Waals surface area contributed by atoms with Crippen LogP contribution >= 0.6 is 0 Å². The van der Waals surface area contributed by atoms with Crippen molar-refractivity contribution in [2.24, 2.45) is 35.0 Å². The lowest BCUT2D eigenvalue weighted by Crippen LogP contribution is -2.81. The van der Waals surface area contributed by atoms with Crippen LogP contribution < -0.4 is 0 Å². The molecule has 0 aromatic carbocycles. The van der Waals surface area contributed by atoms with Crippen molar-refractivity contribution in [3.8, 4) is 0 Å². The van der Waals surface area contributed by atoms with Gasteiger partial charge in [-0.2, -0.15) is 0 Å². The minimum absolute atomic E-state index is 0.0483. The quantitative estimate of drug-likeness (QED) is 0.662. The molecule has 176 valence electrons. The number of likely N-dealkylation sites (tertiary alicyclic amines) is 1. The lowest BCUT2D eigenvalue weighted by Gasteiger charge is -2.68. The van der Waals surface area contributed by atoms with E-state index >= 15 is 0 Å². The molecule has 5 aliphatic carbocycles. The first-order valence-electron chi connectivity index (χ1n) is 12.2. The number of rotatable bonds is 5. The van der Waals surface area contributed by atoms with E-state index < -0.39 is 17.3 Å². The highest BCUT2D eigenvalue weighted by Crippen LogP contribution is 2.78. The van der Waals surface area contributed by atoms with E-state index in [2.05, 4.69) is 11.8 Å². The Bertz CT molecular complexity index is 752. The third kappa shape index (κ3) is 2.01. The third-order valence-corrected chi connectivity index (χ3v) is 11.1. The number of hydrogen-bond acceptors (Lipinski definition) is 7. The summed E-state index contributed by atoms with van der Waals surface area (Å²) in [5, 5.41) is 25.5. The molecule has 7 bridgehead atoms. The first-order valence-corrected chi connectivity index (χ1v) is 12.2. The number of fused-ring (bicyclic) bond motifs is 2. The van der Waals surface area contributed by atoms with Gasteiger partial charge in [0.1, 0.15) is 11.2 Å². The molecule has 7 heteroatoms. The van der Waals surface area contributed by atoms with E-state index in [0.29, 0.717) is 12.3 Å². The molecule has 6 fully saturated rings. The van der Waals surface area contributed by atoms with Crippen LogP contribution in [0.3, 0.4) is 0 Å². The Morgan fingerprint density at radius 3 is 2.35 bits per heavy atom. The molecule has 1 heterocycles. The van der Waals surface area contributed by atoms with Gasteiger partial charge in [0.2, 0.25) is 0 Å². The van der Waals surface area contributed by atoms with E-state index in [9.17, 15) is 10.2 Å². The van der Waals surface area contributed by atoms with Crippen molar-refractivity contribution in [2.45, 2.75) is 74.3 Å². The highest BCUT2D eigenvalue weighted by atomic mass is 16.5.